The SMILES string of the molecule is CCCN1C(=O)/C(=C/c2ccc(-c3ccc(N(c4ccccc4)c4ccccc4)cc3)cc2)N=C1C. The van der Waals surface area contributed by atoms with Crippen LogP contribution in [0.25, 0.3) is 17.2 Å². The third-order valence-corrected chi connectivity index (χ3v) is 6.29. The van der Waals surface area contributed by atoms with E-state index in [1.54, 1.807) is 4.90 Å². The maximum atomic E-state index is 12.6. The predicted octanol–water partition coefficient (Wildman–Crippen LogP) is 7.83. The molecule has 1 amide bonds. The molecule has 0 atom stereocenters. The molecule has 4 aromatic rings. The quantitative estimate of drug-likeness (QED) is 0.257. The van der Waals surface area contributed by atoms with Crippen LogP contribution in [0.3, 0.4) is 0 Å². The van der Waals surface area contributed by atoms with Crippen molar-refractivity contribution in [3.63, 3.8) is 0 Å². The second-order valence-electron chi connectivity index (χ2n) is 8.82. The fraction of sp³-hybridized carbons (Fsp3) is 0.125. The molecule has 4 nitrogen and oxygen atoms in total. The number of nitrogens with zero attached hydrogens (tertiary/aromatic N) is 3. The van der Waals surface area contributed by atoms with Crippen LogP contribution in [0, 0.1) is 0 Å². The standard InChI is InChI=1S/C32H29N3O/c1-3-22-34-24(2)33-31(32(34)36)23-25-14-16-26(17-15-25)27-18-20-30(21-19-27)35(28-10-6-4-7-11-28)29-12-8-5-9-13-29/h4-21,23H,3,22H2,1-2H3/b31-23-. The molecule has 0 bridgehead atoms. The summed E-state index contributed by atoms with van der Waals surface area (Å²) >= 11 is 0. The molecule has 0 aliphatic carbocycles. The van der Waals surface area contributed by atoms with Crippen LogP contribution in [0.5, 0.6) is 0 Å². The molecule has 0 spiro atoms. The van der Waals surface area contributed by atoms with Crippen LogP contribution in [-0.4, -0.2) is 23.2 Å². The third kappa shape index (κ3) is 4.84. The van der Waals surface area contributed by atoms with Crippen molar-refractivity contribution in [2.45, 2.75) is 20.3 Å². The number of amidine groups is 1. The van der Waals surface area contributed by atoms with Crippen molar-refractivity contribution in [1.82, 2.24) is 4.90 Å². The average molecular weight is 472 g/mol. The van der Waals surface area contributed by atoms with E-state index >= 15 is 0 Å². The number of hydrogen-bond donors (Lipinski definition) is 0. The molecule has 0 radical (unpaired) electrons. The molecule has 0 saturated carbocycles. The molecular formula is C32H29N3O. The Morgan fingerprint density at radius 1 is 0.722 bits per heavy atom. The number of para-hydroxylation sites is 2. The minimum absolute atomic E-state index is 0.0181. The van der Waals surface area contributed by atoms with Gasteiger partial charge in [0.2, 0.25) is 0 Å². The van der Waals surface area contributed by atoms with E-state index in [0.29, 0.717) is 12.2 Å². The van der Waals surface area contributed by atoms with Crippen molar-refractivity contribution in [2.24, 2.45) is 4.99 Å². The van der Waals surface area contributed by atoms with Gasteiger partial charge >= 0.3 is 0 Å². The fourth-order valence-electron chi connectivity index (χ4n) is 4.48. The lowest BCUT2D eigenvalue weighted by molar-refractivity contribution is -0.122. The van der Waals surface area contributed by atoms with Crippen LogP contribution in [-0.2, 0) is 4.79 Å². The molecule has 1 aliphatic heterocycles. The fourth-order valence-corrected chi connectivity index (χ4v) is 4.48. The second kappa shape index (κ2) is 10.4. The molecule has 0 N–H and O–H groups in total. The first-order valence-electron chi connectivity index (χ1n) is 12.3. The molecule has 1 aliphatic rings. The Labute approximate surface area is 212 Å². The summed E-state index contributed by atoms with van der Waals surface area (Å²) < 4.78 is 0. The summed E-state index contributed by atoms with van der Waals surface area (Å²) in [5.41, 5.74) is 7.06. The number of amides is 1. The van der Waals surface area contributed by atoms with Gasteiger partial charge in [-0.15, -0.1) is 0 Å². The van der Waals surface area contributed by atoms with Gasteiger partial charge < -0.3 is 4.90 Å². The summed E-state index contributed by atoms with van der Waals surface area (Å²) in [6, 6.07) is 37.7. The van der Waals surface area contributed by atoms with Crippen molar-refractivity contribution in [3.8, 4) is 11.1 Å². The Morgan fingerprint density at radius 3 is 1.75 bits per heavy atom. The maximum absolute atomic E-state index is 12.6. The summed E-state index contributed by atoms with van der Waals surface area (Å²) in [4.78, 5) is 21.1. The zero-order valence-electron chi connectivity index (χ0n) is 20.6. The number of carbonyl (C=O) groups excluding carboxylic acids is 1. The zero-order chi connectivity index (χ0) is 24.9. The highest BCUT2D eigenvalue weighted by Gasteiger charge is 2.26. The first-order valence-corrected chi connectivity index (χ1v) is 12.3. The van der Waals surface area contributed by atoms with Crippen molar-refractivity contribution in [2.75, 3.05) is 11.4 Å². The Hall–Kier alpha value is -4.44. The number of benzene rings is 4. The molecule has 0 saturated heterocycles. The van der Waals surface area contributed by atoms with E-state index in [9.17, 15) is 4.79 Å². The van der Waals surface area contributed by atoms with Gasteiger partial charge in [-0.05, 0) is 72.5 Å². The summed E-state index contributed by atoms with van der Waals surface area (Å²) in [6.07, 6.45) is 2.78. The minimum atomic E-state index is -0.0181. The lowest BCUT2D eigenvalue weighted by atomic mass is 10.0. The highest BCUT2D eigenvalue weighted by atomic mass is 16.2. The van der Waals surface area contributed by atoms with Gasteiger partial charge in [0.05, 0.1) is 0 Å². The molecule has 5 rings (SSSR count). The van der Waals surface area contributed by atoms with Crippen LogP contribution < -0.4 is 4.90 Å². The monoisotopic (exact) mass is 471 g/mol. The van der Waals surface area contributed by atoms with Crippen LogP contribution in [0.1, 0.15) is 25.8 Å². The number of hydrogen-bond acceptors (Lipinski definition) is 3. The summed E-state index contributed by atoms with van der Waals surface area (Å²) in [5.74, 6) is 0.750. The first-order chi connectivity index (χ1) is 17.6. The second-order valence-corrected chi connectivity index (χ2v) is 8.82. The normalized spacial score (nSPS) is 14.3. The number of carbonyl (C=O) groups is 1. The average Bonchev–Trinajstić information content (AvgIpc) is 3.18. The Kier molecular flexibility index (Phi) is 6.76. The molecular weight excluding hydrogens is 442 g/mol. The first kappa shape index (κ1) is 23.3. The molecule has 0 aromatic heterocycles. The van der Waals surface area contributed by atoms with Gasteiger partial charge in [0, 0.05) is 23.6 Å². The topological polar surface area (TPSA) is 35.9 Å². The Morgan fingerprint density at radius 2 is 1.22 bits per heavy atom. The Balaban J connectivity index is 1.38. The lowest BCUT2D eigenvalue weighted by Gasteiger charge is -2.25. The highest BCUT2D eigenvalue weighted by Crippen LogP contribution is 2.35. The molecule has 1 heterocycles. The molecule has 4 heteroatoms. The number of rotatable bonds is 7. The predicted molar refractivity (Wildman–Crippen MR) is 150 cm³/mol. The molecule has 36 heavy (non-hydrogen) atoms. The third-order valence-electron chi connectivity index (χ3n) is 6.29. The van der Waals surface area contributed by atoms with Crippen molar-refractivity contribution < 1.29 is 4.79 Å². The smallest absolute Gasteiger partial charge is 0.277 e. The van der Waals surface area contributed by atoms with Gasteiger partial charge in [0.15, 0.2) is 0 Å². The summed E-state index contributed by atoms with van der Waals surface area (Å²) in [5, 5.41) is 0. The van der Waals surface area contributed by atoms with E-state index in [-0.39, 0.29) is 5.91 Å². The van der Waals surface area contributed by atoms with Gasteiger partial charge in [-0.1, -0.05) is 79.7 Å². The number of anilines is 3. The van der Waals surface area contributed by atoms with E-state index in [1.165, 1.54) is 0 Å². The maximum Gasteiger partial charge on any atom is 0.277 e. The van der Waals surface area contributed by atoms with Gasteiger partial charge in [-0.25, -0.2) is 4.99 Å². The largest absolute Gasteiger partial charge is 0.311 e. The van der Waals surface area contributed by atoms with Gasteiger partial charge in [-0.3, -0.25) is 9.69 Å². The van der Waals surface area contributed by atoms with E-state index in [2.05, 4.69) is 102 Å². The molecule has 0 fully saturated rings. The van der Waals surface area contributed by atoms with Crippen LogP contribution in [0.15, 0.2) is 120 Å². The van der Waals surface area contributed by atoms with E-state index in [4.69, 9.17) is 0 Å². The molecule has 178 valence electrons. The van der Waals surface area contributed by atoms with Crippen LogP contribution >= 0.6 is 0 Å². The lowest BCUT2D eigenvalue weighted by Crippen LogP contribution is -2.31. The molecule has 4 aromatic carbocycles. The number of aliphatic imine (C=N–C) groups is 1. The summed E-state index contributed by atoms with van der Waals surface area (Å²) in [6.45, 7) is 4.65. The van der Waals surface area contributed by atoms with E-state index in [0.717, 1.165) is 46.0 Å². The summed E-state index contributed by atoms with van der Waals surface area (Å²) in [7, 11) is 0. The minimum Gasteiger partial charge on any atom is -0.311 e. The van der Waals surface area contributed by atoms with Gasteiger partial charge in [-0.2, -0.15) is 0 Å². The van der Waals surface area contributed by atoms with Crippen molar-refractivity contribution in [1.29, 1.82) is 0 Å². The molecule has 0 unspecified atom stereocenters. The van der Waals surface area contributed by atoms with Crippen molar-refractivity contribution in [3.05, 3.63) is 120 Å². The van der Waals surface area contributed by atoms with E-state index in [1.807, 2.05) is 37.3 Å². The zero-order valence-corrected chi connectivity index (χ0v) is 20.6. The van der Waals surface area contributed by atoms with Crippen molar-refractivity contribution >= 4 is 34.9 Å². The van der Waals surface area contributed by atoms with Gasteiger partial charge in [0.1, 0.15) is 11.5 Å². The van der Waals surface area contributed by atoms with Crippen LogP contribution in [0.2, 0.25) is 0 Å². The van der Waals surface area contributed by atoms with Gasteiger partial charge in [0.25, 0.3) is 5.91 Å². The van der Waals surface area contributed by atoms with Crippen LogP contribution in [0.4, 0.5) is 17.1 Å². The Bertz CT molecular complexity index is 1350. The van der Waals surface area contributed by atoms with E-state index < -0.39 is 0 Å². The highest BCUT2D eigenvalue weighted by molar-refractivity contribution is 6.13.